The minimum atomic E-state index is -0.408. The first-order valence-corrected chi connectivity index (χ1v) is 10.9. The number of esters is 1. The van der Waals surface area contributed by atoms with Crippen LogP contribution in [0, 0.1) is 29.6 Å². The number of hydrogen-bond acceptors (Lipinski definition) is 4. The highest BCUT2D eigenvalue weighted by Crippen LogP contribution is 2.56. The van der Waals surface area contributed by atoms with Gasteiger partial charge >= 0.3 is 5.97 Å². The molecule has 2 N–H and O–H groups in total. The van der Waals surface area contributed by atoms with Crippen LogP contribution >= 0.6 is 0 Å². The molecular formula is C23H28N2O4. The van der Waals surface area contributed by atoms with E-state index in [-0.39, 0.29) is 30.4 Å². The summed E-state index contributed by atoms with van der Waals surface area (Å²) in [7, 11) is 0. The molecule has 0 aliphatic heterocycles. The van der Waals surface area contributed by atoms with Gasteiger partial charge in [-0.1, -0.05) is 12.1 Å². The molecule has 5 aliphatic carbocycles. The van der Waals surface area contributed by atoms with Gasteiger partial charge in [0, 0.05) is 6.04 Å². The Morgan fingerprint density at radius 2 is 1.59 bits per heavy atom. The summed E-state index contributed by atoms with van der Waals surface area (Å²) in [5.41, 5.74) is 0.876. The summed E-state index contributed by atoms with van der Waals surface area (Å²) in [4.78, 5) is 37.5. The number of ether oxygens (including phenoxy) is 1. The zero-order valence-electron chi connectivity index (χ0n) is 16.6. The van der Waals surface area contributed by atoms with Crippen molar-refractivity contribution in [2.45, 2.75) is 51.0 Å². The second-order valence-electron chi connectivity index (χ2n) is 9.41. The van der Waals surface area contributed by atoms with Crippen LogP contribution in [-0.2, 0) is 14.3 Å². The topological polar surface area (TPSA) is 84.5 Å². The molecule has 1 aromatic carbocycles. The number of hydrogen-bond donors (Lipinski definition) is 2. The van der Waals surface area contributed by atoms with Gasteiger partial charge in [0.15, 0.2) is 6.61 Å². The Kier molecular flexibility index (Phi) is 4.80. The number of nitrogens with one attached hydrogen (secondary N) is 2. The molecule has 5 aliphatic rings. The monoisotopic (exact) mass is 396 g/mol. The first kappa shape index (κ1) is 18.6. The van der Waals surface area contributed by atoms with E-state index in [4.69, 9.17) is 4.74 Å². The van der Waals surface area contributed by atoms with Crippen LogP contribution in [0.2, 0.25) is 0 Å². The van der Waals surface area contributed by atoms with Crippen LogP contribution in [0.5, 0.6) is 0 Å². The maximum atomic E-state index is 12.7. The van der Waals surface area contributed by atoms with Crippen LogP contribution in [0.1, 0.15) is 55.3 Å². The molecule has 1 aromatic rings. The number of carbonyl (C=O) groups excluding carboxylic acids is 3. The van der Waals surface area contributed by atoms with E-state index in [0.717, 1.165) is 50.4 Å². The lowest BCUT2D eigenvalue weighted by atomic mass is 9.52. The second kappa shape index (κ2) is 7.47. The lowest BCUT2D eigenvalue weighted by molar-refractivity contribution is -0.164. The first-order valence-electron chi connectivity index (χ1n) is 10.9. The Bertz CT molecular complexity index is 804. The summed E-state index contributed by atoms with van der Waals surface area (Å²) in [6, 6.07) is 7.16. The van der Waals surface area contributed by atoms with Crippen LogP contribution < -0.4 is 10.6 Å². The molecule has 5 fully saturated rings. The van der Waals surface area contributed by atoms with Crippen LogP contribution in [0.15, 0.2) is 24.3 Å². The fourth-order valence-corrected chi connectivity index (χ4v) is 6.01. The number of benzene rings is 1. The van der Waals surface area contributed by atoms with Crippen LogP contribution in [0.3, 0.4) is 0 Å². The van der Waals surface area contributed by atoms with Crippen molar-refractivity contribution in [3.8, 4) is 0 Å². The third-order valence-electron chi connectivity index (χ3n) is 7.20. The van der Waals surface area contributed by atoms with Gasteiger partial charge in [-0.3, -0.25) is 14.4 Å². The molecule has 29 heavy (non-hydrogen) atoms. The predicted octanol–water partition coefficient (Wildman–Crippen LogP) is 3.13. The molecule has 0 unspecified atom stereocenters. The standard InChI is InChI=1S/C23H28N2O4/c26-20(25-19-4-2-1-3-18(19)22(27)24-17-5-6-17)12-29-23(28)21-15-8-13-7-14(10-15)11-16(21)9-13/h1-4,13-17,21H,5-12H2,(H,24,27)(H,25,26). The van der Waals surface area contributed by atoms with Gasteiger partial charge < -0.3 is 15.4 Å². The van der Waals surface area contributed by atoms with Crippen LogP contribution in [-0.4, -0.2) is 30.4 Å². The summed E-state index contributed by atoms with van der Waals surface area (Å²) < 4.78 is 5.43. The fraction of sp³-hybridized carbons (Fsp3) is 0.609. The van der Waals surface area contributed by atoms with Crippen LogP contribution in [0.25, 0.3) is 0 Å². The molecule has 4 bridgehead atoms. The number of para-hydroxylation sites is 1. The second-order valence-corrected chi connectivity index (χ2v) is 9.41. The third kappa shape index (κ3) is 3.89. The van der Waals surface area contributed by atoms with Gasteiger partial charge in [0.25, 0.3) is 11.8 Å². The van der Waals surface area contributed by atoms with Crippen molar-refractivity contribution in [3.63, 3.8) is 0 Å². The Hall–Kier alpha value is -2.37. The maximum absolute atomic E-state index is 12.7. The van der Waals surface area contributed by atoms with Gasteiger partial charge in [-0.15, -0.1) is 0 Å². The maximum Gasteiger partial charge on any atom is 0.310 e. The van der Waals surface area contributed by atoms with Crippen LogP contribution in [0.4, 0.5) is 5.69 Å². The average molecular weight is 396 g/mol. The van der Waals surface area contributed by atoms with Crippen molar-refractivity contribution in [2.24, 2.45) is 29.6 Å². The Morgan fingerprint density at radius 3 is 2.24 bits per heavy atom. The minimum Gasteiger partial charge on any atom is -0.455 e. The van der Waals surface area contributed by atoms with Crippen molar-refractivity contribution >= 4 is 23.5 Å². The van der Waals surface area contributed by atoms with E-state index in [1.54, 1.807) is 24.3 Å². The number of anilines is 1. The van der Waals surface area contributed by atoms with Gasteiger partial charge in [-0.25, -0.2) is 0 Å². The molecule has 0 heterocycles. The van der Waals surface area contributed by atoms with E-state index < -0.39 is 5.91 Å². The van der Waals surface area contributed by atoms with E-state index in [2.05, 4.69) is 10.6 Å². The molecule has 6 heteroatoms. The summed E-state index contributed by atoms with van der Waals surface area (Å²) in [5.74, 6) is 1.62. The van der Waals surface area contributed by atoms with Gasteiger partial charge in [-0.2, -0.15) is 0 Å². The highest BCUT2D eigenvalue weighted by Gasteiger charge is 2.51. The fourth-order valence-electron chi connectivity index (χ4n) is 6.01. The summed E-state index contributed by atoms with van der Waals surface area (Å²) in [5, 5.41) is 5.66. The predicted molar refractivity (Wildman–Crippen MR) is 107 cm³/mol. The molecule has 0 aromatic heterocycles. The van der Waals surface area contributed by atoms with Gasteiger partial charge in [0.1, 0.15) is 0 Å². The molecule has 154 valence electrons. The summed E-state index contributed by atoms with van der Waals surface area (Å²) >= 11 is 0. The largest absolute Gasteiger partial charge is 0.455 e. The molecule has 6 rings (SSSR count). The summed E-state index contributed by atoms with van der Waals surface area (Å²) in [6.45, 7) is -0.305. The van der Waals surface area contributed by atoms with E-state index in [9.17, 15) is 14.4 Å². The molecule has 0 atom stereocenters. The number of rotatable bonds is 6. The Labute approximate surface area is 170 Å². The lowest BCUT2D eigenvalue weighted by Crippen LogP contribution is -2.48. The Morgan fingerprint density at radius 1 is 0.931 bits per heavy atom. The third-order valence-corrected chi connectivity index (χ3v) is 7.20. The molecular weight excluding hydrogens is 368 g/mol. The van der Waals surface area contributed by atoms with Crippen molar-refractivity contribution in [1.29, 1.82) is 0 Å². The first-order chi connectivity index (χ1) is 14.1. The molecule has 2 amide bonds. The van der Waals surface area contributed by atoms with Crippen molar-refractivity contribution in [2.75, 3.05) is 11.9 Å². The highest BCUT2D eigenvalue weighted by atomic mass is 16.5. The summed E-state index contributed by atoms with van der Waals surface area (Å²) in [6.07, 6.45) is 7.91. The van der Waals surface area contributed by atoms with Crippen molar-refractivity contribution < 1.29 is 19.1 Å². The van der Waals surface area contributed by atoms with E-state index in [1.165, 1.54) is 6.42 Å². The van der Waals surface area contributed by atoms with E-state index >= 15 is 0 Å². The number of amides is 2. The molecule has 6 nitrogen and oxygen atoms in total. The smallest absolute Gasteiger partial charge is 0.310 e. The highest BCUT2D eigenvalue weighted by molar-refractivity contribution is 6.04. The molecule has 0 radical (unpaired) electrons. The number of carbonyl (C=O) groups is 3. The van der Waals surface area contributed by atoms with E-state index in [1.807, 2.05) is 0 Å². The lowest BCUT2D eigenvalue weighted by Gasteiger charge is -2.53. The van der Waals surface area contributed by atoms with Crippen molar-refractivity contribution in [3.05, 3.63) is 29.8 Å². The molecule has 0 saturated heterocycles. The molecule has 0 spiro atoms. The zero-order chi connectivity index (χ0) is 20.0. The van der Waals surface area contributed by atoms with Gasteiger partial charge in [0.2, 0.25) is 0 Å². The SMILES string of the molecule is O=C(COC(=O)C1C2CC3CC(C2)CC1C3)Nc1ccccc1C(=O)NC1CC1. The van der Waals surface area contributed by atoms with Gasteiger partial charge in [-0.05, 0) is 80.8 Å². The van der Waals surface area contributed by atoms with Gasteiger partial charge in [0.05, 0.1) is 17.2 Å². The average Bonchev–Trinajstić information content (AvgIpc) is 3.50. The van der Waals surface area contributed by atoms with E-state index in [0.29, 0.717) is 23.1 Å². The zero-order valence-corrected chi connectivity index (χ0v) is 16.6. The van der Waals surface area contributed by atoms with Crippen molar-refractivity contribution in [1.82, 2.24) is 5.32 Å². The Balaban J connectivity index is 1.17. The molecule has 5 saturated carbocycles. The minimum absolute atomic E-state index is 0.0350. The quantitative estimate of drug-likeness (QED) is 0.724. The normalized spacial score (nSPS) is 31.9.